The number of anilines is 1. The lowest BCUT2D eigenvalue weighted by molar-refractivity contribution is -0.141. The lowest BCUT2D eigenvalue weighted by atomic mass is 10.0. The summed E-state index contributed by atoms with van der Waals surface area (Å²) < 4.78 is 34.5. The molecule has 0 aliphatic rings. The zero-order valence-corrected chi connectivity index (χ0v) is 24.0. The number of nitrogens with zero attached hydrogens (tertiary/aromatic N) is 3. The number of thiazole rings is 1. The molecule has 0 fully saturated rings. The minimum atomic E-state index is -3.93. The molecule has 1 atom stereocenters. The van der Waals surface area contributed by atoms with Crippen LogP contribution < -0.4 is 10.0 Å². The standard InChI is InChI=1S/C29H33N5O4S2/c1-2-3-4-7-18-38-28(35)21-32-26-10-8-9-24(33-26)25(34-40(36,37)27-11-5-6-16-30-27)20-22-12-14-23(15-13-22)29-31-17-19-39-29/h5-6,8-17,19,25,34H,2-4,7,18,20-21H2,1H3,(H,32,33). The van der Waals surface area contributed by atoms with Gasteiger partial charge in [0.15, 0.2) is 5.03 Å². The number of esters is 1. The zero-order valence-electron chi connectivity index (χ0n) is 22.3. The fraction of sp³-hybridized carbons (Fsp3) is 0.310. The van der Waals surface area contributed by atoms with Crippen molar-refractivity contribution in [1.29, 1.82) is 0 Å². The normalized spacial score (nSPS) is 12.1. The first-order valence-corrected chi connectivity index (χ1v) is 15.6. The van der Waals surface area contributed by atoms with Crippen molar-refractivity contribution in [2.24, 2.45) is 0 Å². The van der Waals surface area contributed by atoms with Gasteiger partial charge in [-0.25, -0.2) is 28.1 Å². The monoisotopic (exact) mass is 579 g/mol. The largest absolute Gasteiger partial charge is 0.464 e. The minimum absolute atomic E-state index is 0.0349. The van der Waals surface area contributed by atoms with E-state index in [-0.39, 0.29) is 17.5 Å². The molecule has 0 aliphatic carbocycles. The number of unbranched alkanes of at least 4 members (excludes halogenated alkanes) is 3. The summed E-state index contributed by atoms with van der Waals surface area (Å²) in [6, 6.07) is 17.1. The molecule has 0 saturated carbocycles. The van der Waals surface area contributed by atoms with Gasteiger partial charge in [-0.1, -0.05) is 62.6 Å². The highest BCUT2D eigenvalue weighted by atomic mass is 32.2. The fourth-order valence-electron chi connectivity index (χ4n) is 4.02. The molecule has 3 heterocycles. The van der Waals surface area contributed by atoms with Crippen molar-refractivity contribution in [3.05, 3.63) is 89.7 Å². The molecule has 0 amide bonds. The number of carbonyl (C=O) groups is 1. The summed E-state index contributed by atoms with van der Waals surface area (Å²) in [5.74, 6) is 0.0815. The Hall–Kier alpha value is -3.67. The molecule has 2 N–H and O–H groups in total. The van der Waals surface area contributed by atoms with Crippen molar-refractivity contribution in [2.45, 2.75) is 50.1 Å². The van der Waals surface area contributed by atoms with Crippen LogP contribution >= 0.6 is 11.3 Å². The third-order valence-electron chi connectivity index (χ3n) is 6.09. The summed E-state index contributed by atoms with van der Waals surface area (Å²) in [6.07, 6.45) is 7.66. The first-order chi connectivity index (χ1) is 19.4. The second-order valence-electron chi connectivity index (χ2n) is 9.16. The second-order valence-corrected chi connectivity index (χ2v) is 11.7. The molecule has 0 bridgehead atoms. The van der Waals surface area contributed by atoms with Gasteiger partial charge in [0.05, 0.1) is 18.3 Å². The van der Waals surface area contributed by atoms with Crippen molar-refractivity contribution >= 4 is 33.1 Å². The zero-order chi connectivity index (χ0) is 28.2. The van der Waals surface area contributed by atoms with E-state index in [1.165, 1.54) is 12.3 Å². The van der Waals surface area contributed by atoms with E-state index in [0.29, 0.717) is 24.5 Å². The van der Waals surface area contributed by atoms with Crippen LogP contribution in [-0.4, -0.2) is 42.5 Å². The summed E-state index contributed by atoms with van der Waals surface area (Å²) in [5.41, 5.74) is 2.41. The van der Waals surface area contributed by atoms with E-state index in [2.05, 4.69) is 31.9 Å². The minimum Gasteiger partial charge on any atom is -0.464 e. The lowest BCUT2D eigenvalue weighted by Gasteiger charge is -2.19. The van der Waals surface area contributed by atoms with Crippen molar-refractivity contribution in [2.75, 3.05) is 18.5 Å². The van der Waals surface area contributed by atoms with E-state index in [4.69, 9.17) is 4.74 Å². The summed E-state index contributed by atoms with van der Waals surface area (Å²) >= 11 is 1.55. The Morgan fingerprint density at radius 2 is 1.82 bits per heavy atom. The summed E-state index contributed by atoms with van der Waals surface area (Å²) in [6.45, 7) is 2.49. The average Bonchev–Trinajstić information content (AvgIpc) is 3.52. The van der Waals surface area contributed by atoms with E-state index >= 15 is 0 Å². The van der Waals surface area contributed by atoms with E-state index in [1.54, 1.807) is 47.9 Å². The van der Waals surface area contributed by atoms with Gasteiger partial charge < -0.3 is 10.1 Å². The van der Waals surface area contributed by atoms with Crippen molar-refractivity contribution in [1.82, 2.24) is 19.7 Å². The number of hydrogen-bond acceptors (Lipinski definition) is 9. The van der Waals surface area contributed by atoms with E-state index in [0.717, 1.165) is 41.8 Å². The molecule has 40 heavy (non-hydrogen) atoms. The van der Waals surface area contributed by atoms with E-state index in [9.17, 15) is 13.2 Å². The summed E-state index contributed by atoms with van der Waals surface area (Å²) in [5, 5.41) is 5.76. The van der Waals surface area contributed by atoms with Crippen LogP contribution in [0.5, 0.6) is 0 Å². The Morgan fingerprint density at radius 1 is 0.975 bits per heavy atom. The van der Waals surface area contributed by atoms with Gasteiger partial charge in [0.2, 0.25) is 0 Å². The molecule has 1 unspecified atom stereocenters. The predicted molar refractivity (Wildman–Crippen MR) is 156 cm³/mol. The number of pyridine rings is 2. The Kier molecular flexibility index (Phi) is 10.7. The number of carbonyl (C=O) groups excluding carboxylic acids is 1. The SMILES string of the molecule is CCCCCCOC(=O)CNc1cccc(C(Cc2ccc(-c3nccs3)cc2)NS(=O)(=O)c2ccccn2)n1. The Bertz CT molecular complexity index is 1450. The smallest absolute Gasteiger partial charge is 0.325 e. The van der Waals surface area contributed by atoms with Gasteiger partial charge in [0, 0.05) is 23.3 Å². The Balaban J connectivity index is 1.49. The topological polar surface area (TPSA) is 123 Å². The third kappa shape index (κ3) is 8.67. The van der Waals surface area contributed by atoms with Gasteiger partial charge in [-0.15, -0.1) is 11.3 Å². The number of ether oxygens (including phenoxy) is 1. The van der Waals surface area contributed by atoms with Crippen LogP contribution in [0.15, 0.2) is 83.5 Å². The molecule has 0 aliphatic heterocycles. The first kappa shape index (κ1) is 29.3. The van der Waals surface area contributed by atoms with Crippen LogP contribution in [0.25, 0.3) is 10.6 Å². The molecule has 3 aromatic heterocycles. The van der Waals surface area contributed by atoms with Crippen LogP contribution in [0.2, 0.25) is 0 Å². The highest BCUT2D eigenvalue weighted by molar-refractivity contribution is 7.89. The average molecular weight is 580 g/mol. The maximum Gasteiger partial charge on any atom is 0.325 e. The molecule has 210 valence electrons. The van der Waals surface area contributed by atoms with Crippen molar-refractivity contribution in [3.8, 4) is 10.6 Å². The van der Waals surface area contributed by atoms with E-state index < -0.39 is 16.1 Å². The molecule has 0 spiro atoms. The molecule has 4 rings (SSSR count). The number of sulfonamides is 1. The molecule has 1 aromatic carbocycles. The van der Waals surface area contributed by atoms with Gasteiger partial charge in [0.25, 0.3) is 10.0 Å². The van der Waals surface area contributed by atoms with Crippen LogP contribution in [0, 0.1) is 0 Å². The molecule has 9 nitrogen and oxygen atoms in total. The summed E-state index contributed by atoms with van der Waals surface area (Å²) in [4.78, 5) is 25.1. The Morgan fingerprint density at radius 3 is 2.55 bits per heavy atom. The highest BCUT2D eigenvalue weighted by Gasteiger charge is 2.24. The van der Waals surface area contributed by atoms with Gasteiger partial charge in [-0.3, -0.25) is 4.79 Å². The number of aromatic nitrogens is 3. The van der Waals surface area contributed by atoms with Crippen LogP contribution in [-0.2, 0) is 26.0 Å². The van der Waals surface area contributed by atoms with Crippen LogP contribution in [0.1, 0.15) is 49.9 Å². The van der Waals surface area contributed by atoms with Gasteiger partial charge >= 0.3 is 5.97 Å². The van der Waals surface area contributed by atoms with Crippen molar-refractivity contribution in [3.63, 3.8) is 0 Å². The molecule has 4 aromatic rings. The molecule has 0 saturated heterocycles. The number of nitrogens with one attached hydrogen (secondary N) is 2. The van der Waals surface area contributed by atoms with Crippen molar-refractivity contribution < 1.29 is 17.9 Å². The van der Waals surface area contributed by atoms with Crippen LogP contribution in [0.4, 0.5) is 5.82 Å². The van der Waals surface area contributed by atoms with Gasteiger partial charge in [-0.2, -0.15) is 0 Å². The number of benzene rings is 1. The predicted octanol–water partition coefficient (Wildman–Crippen LogP) is 5.40. The fourth-order valence-corrected chi connectivity index (χ4v) is 5.82. The number of rotatable bonds is 15. The maximum absolute atomic E-state index is 13.2. The van der Waals surface area contributed by atoms with Crippen LogP contribution in [0.3, 0.4) is 0 Å². The lowest BCUT2D eigenvalue weighted by Crippen LogP contribution is -2.31. The maximum atomic E-state index is 13.2. The number of hydrogen-bond donors (Lipinski definition) is 2. The first-order valence-electron chi connectivity index (χ1n) is 13.2. The second kappa shape index (κ2) is 14.6. The summed E-state index contributed by atoms with van der Waals surface area (Å²) in [7, 11) is -3.93. The molecule has 0 radical (unpaired) electrons. The molecular weight excluding hydrogens is 546 g/mol. The third-order valence-corrected chi connectivity index (χ3v) is 8.30. The molecular formula is C29H33N5O4S2. The van der Waals surface area contributed by atoms with Gasteiger partial charge in [0.1, 0.15) is 17.4 Å². The molecule has 11 heteroatoms. The highest BCUT2D eigenvalue weighted by Crippen LogP contribution is 2.25. The quantitative estimate of drug-likeness (QED) is 0.142. The Labute approximate surface area is 239 Å². The van der Waals surface area contributed by atoms with Gasteiger partial charge in [-0.05, 0) is 42.7 Å². The van der Waals surface area contributed by atoms with E-state index in [1.807, 2.05) is 29.6 Å².